The molecular formula is C19H20ClF4N5. The van der Waals surface area contributed by atoms with Gasteiger partial charge in [0.25, 0.3) is 6.43 Å². The van der Waals surface area contributed by atoms with Crippen molar-refractivity contribution in [2.24, 2.45) is 5.84 Å². The van der Waals surface area contributed by atoms with Gasteiger partial charge in [-0.2, -0.15) is 4.98 Å². The number of aryl methyl sites for hydroxylation is 1. The van der Waals surface area contributed by atoms with Crippen LogP contribution in [-0.4, -0.2) is 22.9 Å². The highest BCUT2D eigenvalue weighted by Crippen LogP contribution is 2.35. The van der Waals surface area contributed by atoms with Crippen molar-refractivity contribution in [1.29, 1.82) is 0 Å². The molecule has 0 aliphatic carbocycles. The zero-order chi connectivity index (χ0) is 21.7. The van der Waals surface area contributed by atoms with E-state index in [1.807, 2.05) is 13.8 Å². The van der Waals surface area contributed by atoms with Gasteiger partial charge in [-0.05, 0) is 42.8 Å². The van der Waals surface area contributed by atoms with Gasteiger partial charge in [0.05, 0.1) is 17.1 Å². The summed E-state index contributed by atoms with van der Waals surface area (Å²) in [6.07, 6.45) is -2.78. The molecule has 0 spiro atoms. The molecule has 0 aliphatic rings. The topological polar surface area (TPSA) is 67.1 Å². The third-order valence-electron chi connectivity index (χ3n) is 3.74. The maximum absolute atomic E-state index is 13.9. The van der Waals surface area contributed by atoms with Crippen molar-refractivity contribution in [2.75, 3.05) is 16.9 Å². The third-order valence-corrected chi connectivity index (χ3v) is 4.03. The summed E-state index contributed by atoms with van der Waals surface area (Å²) in [4.78, 5) is 9.21. The minimum atomic E-state index is -2.78. The van der Waals surface area contributed by atoms with Gasteiger partial charge >= 0.3 is 0 Å². The maximum Gasteiger partial charge on any atom is 0.256 e. The quantitative estimate of drug-likeness (QED) is 0.314. The first-order chi connectivity index (χ1) is 13.8. The molecule has 5 nitrogen and oxygen atoms in total. The highest BCUT2D eigenvalue weighted by Gasteiger charge is 2.22. The molecule has 1 heterocycles. The Hall–Kier alpha value is -2.65. The van der Waals surface area contributed by atoms with Gasteiger partial charge in [-0.25, -0.2) is 28.4 Å². The minimum absolute atomic E-state index is 0.0439. The van der Waals surface area contributed by atoms with E-state index in [4.69, 9.17) is 17.4 Å². The largest absolute Gasteiger partial charge is 0.320 e. The van der Waals surface area contributed by atoms with Crippen LogP contribution >= 0.6 is 11.6 Å². The molecule has 0 atom stereocenters. The first-order valence-corrected chi connectivity index (χ1v) is 9.12. The number of nitrogens with zero attached hydrogens (tertiary/aromatic N) is 3. The fourth-order valence-corrected chi connectivity index (χ4v) is 2.99. The summed E-state index contributed by atoms with van der Waals surface area (Å²) in [6.45, 7) is 4.81. The van der Waals surface area contributed by atoms with Gasteiger partial charge in [-0.3, -0.25) is 5.43 Å². The van der Waals surface area contributed by atoms with Crippen molar-refractivity contribution in [3.8, 4) is 0 Å². The van der Waals surface area contributed by atoms with Crippen LogP contribution in [0.15, 0.2) is 30.3 Å². The van der Waals surface area contributed by atoms with E-state index < -0.39 is 24.6 Å². The lowest BCUT2D eigenvalue weighted by molar-refractivity contribution is 0.158. The maximum atomic E-state index is 13.9. The zero-order valence-corrected chi connectivity index (χ0v) is 16.7. The van der Waals surface area contributed by atoms with Crippen LogP contribution in [0.1, 0.15) is 19.4 Å². The highest BCUT2D eigenvalue weighted by molar-refractivity contribution is 6.35. The number of nitrogen functional groups attached to an aromatic ring is 1. The predicted molar refractivity (Wildman–Crippen MR) is 108 cm³/mol. The molecule has 0 fully saturated rings. The molecular weight excluding hydrogens is 410 g/mol. The van der Waals surface area contributed by atoms with E-state index >= 15 is 0 Å². The van der Waals surface area contributed by atoms with Gasteiger partial charge in [-0.15, -0.1) is 0 Å². The first kappa shape index (κ1) is 22.6. The number of aromatic nitrogens is 2. The Morgan fingerprint density at radius 3 is 2.31 bits per heavy atom. The van der Waals surface area contributed by atoms with Gasteiger partial charge in [0.15, 0.2) is 0 Å². The second-order valence-electron chi connectivity index (χ2n) is 5.79. The molecule has 29 heavy (non-hydrogen) atoms. The lowest BCUT2D eigenvalue weighted by Crippen LogP contribution is -2.26. The van der Waals surface area contributed by atoms with Crippen molar-refractivity contribution >= 4 is 40.0 Å². The molecule has 0 saturated carbocycles. The fraction of sp³-hybridized carbons (Fsp3) is 0.263. The number of hydrogen-bond acceptors (Lipinski definition) is 5. The number of nitrogens with two attached hydrogens (primary N) is 1. The van der Waals surface area contributed by atoms with Gasteiger partial charge in [-0.1, -0.05) is 25.4 Å². The average Bonchev–Trinajstić information content (AvgIpc) is 2.66. The minimum Gasteiger partial charge on any atom is -0.320 e. The van der Waals surface area contributed by atoms with Crippen LogP contribution in [0, 0.1) is 18.6 Å². The smallest absolute Gasteiger partial charge is 0.256 e. The van der Waals surface area contributed by atoms with E-state index in [0.29, 0.717) is 5.56 Å². The zero-order valence-electron chi connectivity index (χ0n) is 16.0. The Kier molecular flexibility index (Phi) is 7.58. The summed E-state index contributed by atoms with van der Waals surface area (Å²) < 4.78 is 54.3. The highest BCUT2D eigenvalue weighted by atomic mass is 35.5. The van der Waals surface area contributed by atoms with E-state index in [1.165, 1.54) is 12.1 Å². The Balaban J connectivity index is 0.00000145. The molecule has 3 aromatic rings. The van der Waals surface area contributed by atoms with Crippen molar-refractivity contribution in [1.82, 2.24) is 9.97 Å². The number of rotatable bonds is 5. The molecule has 2 aromatic carbocycles. The number of nitrogens with one attached hydrogen (secondary N) is 1. The summed E-state index contributed by atoms with van der Waals surface area (Å²) in [6, 6.07) is 5.95. The van der Waals surface area contributed by atoms with Crippen molar-refractivity contribution in [2.45, 2.75) is 27.2 Å². The summed E-state index contributed by atoms with van der Waals surface area (Å²) in [5.74, 6) is 3.86. The second kappa shape index (κ2) is 9.71. The van der Waals surface area contributed by atoms with Crippen molar-refractivity contribution < 1.29 is 17.6 Å². The number of hydrogen-bond donors (Lipinski definition) is 2. The molecule has 0 amide bonds. The van der Waals surface area contributed by atoms with Crippen LogP contribution in [0.3, 0.4) is 0 Å². The fourth-order valence-electron chi connectivity index (χ4n) is 2.74. The lowest BCUT2D eigenvalue weighted by atomic mass is 10.1. The van der Waals surface area contributed by atoms with Crippen LogP contribution in [0.5, 0.6) is 0 Å². The lowest BCUT2D eigenvalue weighted by Gasteiger charge is -2.25. The van der Waals surface area contributed by atoms with Crippen LogP contribution in [0.2, 0.25) is 5.02 Å². The normalized spacial score (nSPS) is 10.7. The molecule has 3 N–H and O–H groups in total. The molecule has 0 saturated heterocycles. The summed E-state index contributed by atoms with van der Waals surface area (Å²) in [5.41, 5.74) is 2.97. The van der Waals surface area contributed by atoms with Crippen LogP contribution in [0.4, 0.5) is 35.0 Å². The summed E-state index contributed by atoms with van der Waals surface area (Å²) in [7, 11) is 0. The summed E-state index contributed by atoms with van der Waals surface area (Å²) >= 11 is 6.04. The van der Waals surface area contributed by atoms with Gasteiger partial charge in [0.1, 0.15) is 17.5 Å². The molecule has 0 aliphatic heterocycles. The van der Waals surface area contributed by atoms with Crippen LogP contribution in [-0.2, 0) is 0 Å². The van der Waals surface area contributed by atoms with Gasteiger partial charge in [0, 0.05) is 11.1 Å². The molecule has 156 valence electrons. The average molecular weight is 430 g/mol. The molecule has 0 unspecified atom stereocenters. The van der Waals surface area contributed by atoms with Gasteiger partial charge in [0.2, 0.25) is 5.95 Å². The summed E-state index contributed by atoms with van der Waals surface area (Å²) in [5, 5.41) is 0.0409. The number of benzene rings is 2. The molecule has 10 heteroatoms. The molecule has 3 rings (SSSR count). The monoisotopic (exact) mass is 429 g/mol. The number of halogens is 5. The van der Waals surface area contributed by atoms with Crippen molar-refractivity contribution in [3.63, 3.8) is 0 Å². The predicted octanol–water partition coefficient (Wildman–Crippen LogP) is 5.58. The first-order valence-electron chi connectivity index (χ1n) is 8.74. The Bertz CT molecular complexity index is 980. The Morgan fingerprint density at radius 1 is 1.07 bits per heavy atom. The molecule has 1 aromatic heterocycles. The second-order valence-corrected chi connectivity index (χ2v) is 6.19. The number of alkyl halides is 2. The number of anilines is 3. The van der Waals surface area contributed by atoms with E-state index in [0.717, 1.165) is 23.1 Å². The number of fused-ring (bicyclic) bond motifs is 1. The van der Waals surface area contributed by atoms with Gasteiger partial charge < -0.3 is 4.90 Å². The van der Waals surface area contributed by atoms with Crippen LogP contribution < -0.4 is 16.2 Å². The van der Waals surface area contributed by atoms with E-state index in [2.05, 4.69) is 15.4 Å². The number of hydrazine groups is 1. The third kappa shape index (κ3) is 5.24. The standard InChI is InChI=1S/C17H14ClF4N5.C2H6/c1-8-2-9(19)4-11(3-8)27(7-14(21)22)16-12-5-10(20)6-13(18)15(12)24-17(25-16)26-23;1-2/h2-6,14H,7,23H2,1H3,(H,24,25,26);1-2H3. The van der Waals surface area contributed by atoms with E-state index in [9.17, 15) is 17.6 Å². The Morgan fingerprint density at radius 2 is 1.72 bits per heavy atom. The Labute approximate surface area is 170 Å². The van der Waals surface area contributed by atoms with E-state index in [1.54, 1.807) is 6.92 Å². The van der Waals surface area contributed by atoms with Crippen molar-refractivity contribution in [3.05, 3.63) is 52.6 Å². The molecule has 0 bridgehead atoms. The van der Waals surface area contributed by atoms with Crippen LogP contribution in [0.25, 0.3) is 10.9 Å². The SMILES string of the molecule is CC.Cc1cc(F)cc(N(CC(F)F)c2nc(NN)nc3c(Cl)cc(F)cc23)c1. The van der Waals surface area contributed by atoms with E-state index in [-0.39, 0.29) is 33.4 Å². The molecule has 0 radical (unpaired) electrons.